The molecule has 0 bridgehead atoms. The Balaban J connectivity index is 1.60. The van der Waals surface area contributed by atoms with E-state index in [2.05, 4.69) is 10.4 Å². The largest absolute Gasteiger partial charge is 0.396 e. The molecule has 2 rings (SSSR count). The Morgan fingerprint density at radius 3 is 2.85 bits per heavy atom. The molecule has 0 atom stereocenters. The smallest absolute Gasteiger partial charge is 0.241 e. The molecular formula is C14H24N4O2. The molecule has 0 radical (unpaired) electrons. The average molecular weight is 280 g/mol. The average Bonchev–Trinajstić information content (AvgIpc) is 3.20. The fourth-order valence-corrected chi connectivity index (χ4v) is 1.99. The molecule has 1 amide bonds. The van der Waals surface area contributed by atoms with Crippen LogP contribution in [0.2, 0.25) is 0 Å². The van der Waals surface area contributed by atoms with Gasteiger partial charge in [0.25, 0.3) is 0 Å². The standard InChI is InChI=1S/C14H24N4O2/c1-10-14(15)11(2)18(17-10)8-13(19)16-6-3-7-20-9-12-4-5-12/h12H,3-9,15H2,1-2H3,(H,16,19). The number of hydrogen-bond acceptors (Lipinski definition) is 4. The van der Waals surface area contributed by atoms with E-state index in [0.29, 0.717) is 18.8 Å². The molecule has 3 N–H and O–H groups in total. The van der Waals surface area contributed by atoms with E-state index in [1.165, 1.54) is 12.8 Å². The topological polar surface area (TPSA) is 82.2 Å². The van der Waals surface area contributed by atoms with Gasteiger partial charge in [0.15, 0.2) is 0 Å². The first-order valence-corrected chi connectivity index (χ1v) is 7.22. The van der Waals surface area contributed by atoms with Crippen molar-refractivity contribution in [3.05, 3.63) is 11.4 Å². The SMILES string of the molecule is Cc1nn(CC(=O)NCCCOCC2CC2)c(C)c1N. The Hall–Kier alpha value is -1.56. The molecule has 1 aromatic rings. The van der Waals surface area contributed by atoms with Crippen LogP contribution in [0.3, 0.4) is 0 Å². The predicted octanol–water partition coefficient (Wildman–Crippen LogP) is 1.02. The van der Waals surface area contributed by atoms with E-state index in [-0.39, 0.29) is 12.5 Å². The van der Waals surface area contributed by atoms with Gasteiger partial charge >= 0.3 is 0 Å². The van der Waals surface area contributed by atoms with Gasteiger partial charge in [0.05, 0.1) is 17.1 Å². The second-order valence-corrected chi connectivity index (χ2v) is 5.46. The molecule has 1 heterocycles. The maximum Gasteiger partial charge on any atom is 0.241 e. The molecule has 1 aliphatic rings. The number of aromatic nitrogens is 2. The summed E-state index contributed by atoms with van der Waals surface area (Å²) in [6, 6.07) is 0. The van der Waals surface area contributed by atoms with Crippen molar-refractivity contribution in [2.45, 2.75) is 39.7 Å². The summed E-state index contributed by atoms with van der Waals surface area (Å²) in [4.78, 5) is 11.8. The summed E-state index contributed by atoms with van der Waals surface area (Å²) >= 11 is 0. The summed E-state index contributed by atoms with van der Waals surface area (Å²) in [5.74, 6) is 0.749. The summed E-state index contributed by atoms with van der Waals surface area (Å²) in [6.07, 6.45) is 3.46. The minimum absolute atomic E-state index is 0.0437. The second kappa shape index (κ2) is 6.74. The van der Waals surface area contributed by atoms with Gasteiger partial charge in [-0.3, -0.25) is 9.48 Å². The fraction of sp³-hybridized carbons (Fsp3) is 0.714. The van der Waals surface area contributed by atoms with Crippen LogP contribution in [-0.2, 0) is 16.1 Å². The van der Waals surface area contributed by atoms with Crippen molar-refractivity contribution in [2.24, 2.45) is 5.92 Å². The summed E-state index contributed by atoms with van der Waals surface area (Å²) in [7, 11) is 0. The third kappa shape index (κ3) is 4.23. The molecule has 1 fully saturated rings. The number of amides is 1. The van der Waals surface area contributed by atoms with Crippen LogP contribution in [0, 0.1) is 19.8 Å². The van der Waals surface area contributed by atoms with Crippen LogP contribution in [0.15, 0.2) is 0 Å². The Kier molecular flexibility index (Phi) is 5.00. The first-order chi connectivity index (χ1) is 9.58. The number of ether oxygens (including phenoxy) is 1. The van der Waals surface area contributed by atoms with Crippen LogP contribution in [-0.4, -0.2) is 35.4 Å². The molecule has 1 aromatic heterocycles. The van der Waals surface area contributed by atoms with Gasteiger partial charge in [-0.15, -0.1) is 0 Å². The Bertz CT molecular complexity index is 466. The first-order valence-electron chi connectivity index (χ1n) is 7.22. The molecule has 112 valence electrons. The minimum atomic E-state index is -0.0437. The quantitative estimate of drug-likeness (QED) is 0.696. The molecule has 20 heavy (non-hydrogen) atoms. The third-order valence-corrected chi connectivity index (χ3v) is 3.57. The minimum Gasteiger partial charge on any atom is -0.396 e. The summed E-state index contributed by atoms with van der Waals surface area (Å²) in [5, 5.41) is 7.11. The third-order valence-electron chi connectivity index (χ3n) is 3.57. The summed E-state index contributed by atoms with van der Waals surface area (Å²) in [5.41, 5.74) is 8.10. The van der Waals surface area contributed by atoms with Crippen LogP contribution in [0.25, 0.3) is 0 Å². The maximum atomic E-state index is 11.8. The van der Waals surface area contributed by atoms with E-state index in [4.69, 9.17) is 10.5 Å². The highest BCUT2D eigenvalue weighted by Crippen LogP contribution is 2.28. The monoisotopic (exact) mass is 280 g/mol. The van der Waals surface area contributed by atoms with Crippen LogP contribution in [0.5, 0.6) is 0 Å². The number of nitrogens with one attached hydrogen (secondary N) is 1. The Labute approximate surface area is 119 Å². The molecule has 0 saturated heterocycles. The van der Waals surface area contributed by atoms with E-state index in [1.807, 2.05) is 13.8 Å². The lowest BCUT2D eigenvalue weighted by Gasteiger charge is -2.07. The lowest BCUT2D eigenvalue weighted by molar-refractivity contribution is -0.121. The van der Waals surface area contributed by atoms with Crippen molar-refractivity contribution in [1.29, 1.82) is 0 Å². The van der Waals surface area contributed by atoms with E-state index in [1.54, 1.807) is 4.68 Å². The summed E-state index contributed by atoms with van der Waals surface area (Å²) < 4.78 is 7.15. The van der Waals surface area contributed by atoms with Gasteiger partial charge in [-0.25, -0.2) is 0 Å². The first kappa shape index (κ1) is 14.8. The van der Waals surface area contributed by atoms with E-state index < -0.39 is 0 Å². The molecule has 6 nitrogen and oxygen atoms in total. The highest BCUT2D eigenvalue weighted by atomic mass is 16.5. The number of nitrogen functional groups attached to an aromatic ring is 1. The molecule has 0 spiro atoms. The van der Waals surface area contributed by atoms with Crippen molar-refractivity contribution in [3.63, 3.8) is 0 Å². The van der Waals surface area contributed by atoms with Gasteiger partial charge in [0.1, 0.15) is 6.54 Å². The summed E-state index contributed by atoms with van der Waals surface area (Å²) in [6.45, 7) is 6.15. The molecule has 0 aliphatic heterocycles. The second-order valence-electron chi connectivity index (χ2n) is 5.46. The van der Waals surface area contributed by atoms with Gasteiger partial charge in [0.2, 0.25) is 5.91 Å². The number of carbonyl (C=O) groups is 1. The van der Waals surface area contributed by atoms with Crippen molar-refractivity contribution in [2.75, 3.05) is 25.5 Å². The number of nitrogens with zero attached hydrogens (tertiary/aromatic N) is 2. The van der Waals surface area contributed by atoms with E-state index in [9.17, 15) is 4.79 Å². The van der Waals surface area contributed by atoms with Crippen molar-refractivity contribution in [3.8, 4) is 0 Å². The molecule has 0 unspecified atom stereocenters. The Morgan fingerprint density at radius 2 is 2.25 bits per heavy atom. The van der Waals surface area contributed by atoms with Crippen LogP contribution < -0.4 is 11.1 Å². The van der Waals surface area contributed by atoms with Crippen molar-refractivity contribution < 1.29 is 9.53 Å². The molecule has 0 aromatic carbocycles. The lowest BCUT2D eigenvalue weighted by Crippen LogP contribution is -2.29. The van der Waals surface area contributed by atoms with E-state index >= 15 is 0 Å². The van der Waals surface area contributed by atoms with Gasteiger partial charge in [0, 0.05) is 19.8 Å². The number of nitrogens with two attached hydrogens (primary N) is 1. The van der Waals surface area contributed by atoms with Crippen LogP contribution >= 0.6 is 0 Å². The highest BCUT2D eigenvalue weighted by molar-refractivity contribution is 5.75. The Morgan fingerprint density at radius 1 is 1.50 bits per heavy atom. The van der Waals surface area contributed by atoms with Gasteiger partial charge in [-0.2, -0.15) is 5.10 Å². The van der Waals surface area contributed by atoms with Crippen molar-refractivity contribution in [1.82, 2.24) is 15.1 Å². The number of anilines is 1. The van der Waals surface area contributed by atoms with Gasteiger partial charge < -0.3 is 15.8 Å². The molecule has 1 saturated carbocycles. The number of hydrogen-bond donors (Lipinski definition) is 2. The molecule has 1 aliphatic carbocycles. The maximum absolute atomic E-state index is 11.8. The highest BCUT2D eigenvalue weighted by Gasteiger charge is 2.20. The number of carbonyl (C=O) groups excluding carboxylic acids is 1. The number of aryl methyl sites for hydroxylation is 1. The zero-order valence-corrected chi connectivity index (χ0v) is 12.3. The zero-order valence-electron chi connectivity index (χ0n) is 12.3. The van der Waals surface area contributed by atoms with Gasteiger partial charge in [-0.05, 0) is 39.0 Å². The van der Waals surface area contributed by atoms with Gasteiger partial charge in [-0.1, -0.05) is 0 Å². The van der Waals surface area contributed by atoms with E-state index in [0.717, 1.165) is 30.3 Å². The van der Waals surface area contributed by atoms with Crippen molar-refractivity contribution >= 4 is 11.6 Å². The lowest BCUT2D eigenvalue weighted by atomic mass is 10.3. The predicted molar refractivity (Wildman–Crippen MR) is 77.3 cm³/mol. The zero-order chi connectivity index (χ0) is 14.5. The number of rotatable bonds is 8. The van der Waals surface area contributed by atoms with Crippen LogP contribution in [0.4, 0.5) is 5.69 Å². The van der Waals surface area contributed by atoms with Crippen LogP contribution in [0.1, 0.15) is 30.7 Å². The normalized spacial score (nSPS) is 14.5. The molecular weight excluding hydrogens is 256 g/mol. The molecule has 6 heteroatoms. The fourth-order valence-electron chi connectivity index (χ4n) is 1.99.